The van der Waals surface area contributed by atoms with Crippen molar-refractivity contribution in [1.82, 2.24) is 24.8 Å². The predicted molar refractivity (Wildman–Crippen MR) is 179 cm³/mol. The first-order valence-corrected chi connectivity index (χ1v) is 17.1. The molecule has 19 heteroatoms. The van der Waals surface area contributed by atoms with Gasteiger partial charge in [-0.3, -0.25) is 23.7 Å². The third-order valence-corrected chi connectivity index (χ3v) is 9.68. The van der Waals surface area contributed by atoms with Gasteiger partial charge in [0.2, 0.25) is 5.76 Å². The fourth-order valence-corrected chi connectivity index (χ4v) is 7.04. The lowest BCUT2D eigenvalue weighted by atomic mass is 9.85. The molecule has 1 atom stereocenters. The van der Waals surface area contributed by atoms with Crippen LogP contribution in [0.25, 0.3) is 0 Å². The van der Waals surface area contributed by atoms with Crippen molar-refractivity contribution >= 4 is 6.09 Å². The largest absolute Gasteiger partial charge is 0.455 e. The number of nitrogens with zero attached hydrogens (tertiary/aromatic N) is 3. The molecule has 1 spiro atoms. The highest BCUT2D eigenvalue weighted by molar-refractivity contribution is 5.65. The number of benzene rings is 2. The number of hydroxylamine groups is 1. The van der Waals surface area contributed by atoms with Crippen LogP contribution in [-0.4, -0.2) is 53.5 Å². The summed E-state index contributed by atoms with van der Waals surface area (Å²) >= 11 is 0. The van der Waals surface area contributed by atoms with E-state index in [-0.39, 0.29) is 75.8 Å². The molecule has 296 valence electrons. The number of amides is 1. The van der Waals surface area contributed by atoms with Crippen LogP contribution >= 0.6 is 0 Å². The first-order valence-electron chi connectivity index (χ1n) is 17.1. The molecular formula is C36H36F7N5O7. The van der Waals surface area contributed by atoms with Crippen LogP contribution in [0.3, 0.4) is 0 Å². The summed E-state index contributed by atoms with van der Waals surface area (Å²) in [5.41, 5.74) is -2.54. The van der Waals surface area contributed by atoms with Crippen molar-refractivity contribution in [2.45, 2.75) is 63.1 Å². The Labute approximate surface area is 308 Å². The molecule has 0 saturated carbocycles. The molecule has 55 heavy (non-hydrogen) atoms. The number of piperidine rings is 1. The van der Waals surface area contributed by atoms with Gasteiger partial charge in [-0.15, -0.1) is 0 Å². The number of ether oxygens (including phenoxy) is 2. The molecule has 0 aliphatic carbocycles. The summed E-state index contributed by atoms with van der Waals surface area (Å²) in [7, 11) is 1.22. The van der Waals surface area contributed by atoms with Crippen molar-refractivity contribution in [3.8, 4) is 0 Å². The van der Waals surface area contributed by atoms with E-state index in [0.717, 1.165) is 27.3 Å². The number of furan rings is 1. The number of hydrogen-bond acceptors (Lipinski definition) is 9. The summed E-state index contributed by atoms with van der Waals surface area (Å²) < 4.78 is 115. The topological polar surface area (TPSA) is 129 Å². The summed E-state index contributed by atoms with van der Waals surface area (Å²) in [6.07, 6.45) is -10.2. The molecule has 2 aliphatic rings. The minimum atomic E-state index is -4.97. The second-order valence-corrected chi connectivity index (χ2v) is 13.1. The standard InChI is InChI=1S/C36H36F7N5O7/c1-52-45-32(50)53-17-14-44-27(22-6-3-2-4-7-22)20-48-31(49)30-28(47(33(48)51)19-24-25(35(38,39)40)8-5-9-26(24)37)21-54-34(30)12-15-46(16-13-34)18-23-10-11-29(55-23)36(41,42)43/h2-11,27,44H,12-21H2,1H3,(H,45,50)/t27-/m0/s1. The maximum atomic E-state index is 15.2. The number of nitrogens with one attached hydrogen (secondary N) is 2. The molecule has 2 N–H and O–H groups in total. The number of carbonyl (C=O) groups excluding carboxylic acids is 1. The summed E-state index contributed by atoms with van der Waals surface area (Å²) in [4.78, 5) is 46.9. The van der Waals surface area contributed by atoms with Gasteiger partial charge in [0, 0.05) is 25.2 Å². The number of alkyl halides is 6. The van der Waals surface area contributed by atoms with E-state index in [1.807, 2.05) is 5.48 Å². The zero-order valence-electron chi connectivity index (χ0n) is 29.3. The molecule has 2 aromatic heterocycles. The van der Waals surface area contributed by atoms with Crippen molar-refractivity contribution in [3.05, 3.63) is 127 Å². The number of halogens is 7. The molecule has 12 nitrogen and oxygen atoms in total. The monoisotopic (exact) mass is 783 g/mol. The summed E-state index contributed by atoms with van der Waals surface area (Å²) in [6.45, 7) is -1.21. The van der Waals surface area contributed by atoms with E-state index < -0.39 is 70.6 Å². The smallest absolute Gasteiger partial charge is 0.449 e. The first-order chi connectivity index (χ1) is 26.1. The van der Waals surface area contributed by atoms with Gasteiger partial charge in [-0.05, 0) is 42.7 Å². The van der Waals surface area contributed by atoms with Gasteiger partial charge in [-0.25, -0.2) is 14.0 Å². The van der Waals surface area contributed by atoms with Gasteiger partial charge in [0.05, 0.1) is 56.2 Å². The number of rotatable bonds is 12. The van der Waals surface area contributed by atoms with Gasteiger partial charge in [-0.2, -0.15) is 31.8 Å². The van der Waals surface area contributed by atoms with Crippen molar-refractivity contribution in [2.75, 3.05) is 33.4 Å². The Kier molecular flexibility index (Phi) is 11.6. The third-order valence-electron chi connectivity index (χ3n) is 9.68. The average molecular weight is 784 g/mol. The Morgan fingerprint density at radius 3 is 2.31 bits per heavy atom. The third kappa shape index (κ3) is 8.64. The van der Waals surface area contributed by atoms with Gasteiger partial charge in [0.1, 0.15) is 23.8 Å². The van der Waals surface area contributed by atoms with E-state index in [1.54, 1.807) is 35.2 Å². The molecule has 0 radical (unpaired) electrons. The van der Waals surface area contributed by atoms with E-state index >= 15 is 4.39 Å². The minimum Gasteiger partial charge on any atom is -0.455 e. The number of carbonyl (C=O) groups is 1. The Morgan fingerprint density at radius 1 is 0.927 bits per heavy atom. The van der Waals surface area contributed by atoms with E-state index in [2.05, 4.69) is 10.2 Å². The molecule has 0 bridgehead atoms. The highest BCUT2D eigenvalue weighted by Gasteiger charge is 2.47. The Morgan fingerprint density at radius 2 is 1.65 bits per heavy atom. The second-order valence-electron chi connectivity index (χ2n) is 13.1. The maximum absolute atomic E-state index is 15.2. The molecular weight excluding hydrogens is 747 g/mol. The fraction of sp³-hybridized carbons (Fsp3) is 0.417. The summed E-state index contributed by atoms with van der Waals surface area (Å²) in [5, 5.41) is 3.14. The molecule has 1 amide bonds. The summed E-state index contributed by atoms with van der Waals surface area (Å²) in [6, 6.07) is 12.4. The van der Waals surface area contributed by atoms with Gasteiger partial charge in [-0.1, -0.05) is 36.4 Å². The average Bonchev–Trinajstić information content (AvgIpc) is 3.76. The van der Waals surface area contributed by atoms with Crippen molar-refractivity contribution in [2.24, 2.45) is 0 Å². The van der Waals surface area contributed by atoms with Gasteiger partial charge in [0.25, 0.3) is 5.56 Å². The Hall–Kier alpha value is -4.98. The quantitative estimate of drug-likeness (QED) is 0.109. The van der Waals surface area contributed by atoms with Crippen LogP contribution < -0.4 is 22.0 Å². The molecule has 4 heterocycles. The van der Waals surface area contributed by atoms with E-state index in [1.165, 1.54) is 13.2 Å². The molecule has 1 fully saturated rings. The number of fused-ring (bicyclic) bond motifs is 2. The summed E-state index contributed by atoms with van der Waals surface area (Å²) in [5.74, 6) is -2.27. The molecule has 2 aliphatic heterocycles. The maximum Gasteiger partial charge on any atom is 0.449 e. The van der Waals surface area contributed by atoms with Crippen molar-refractivity contribution in [1.29, 1.82) is 0 Å². The Balaban J connectivity index is 1.38. The van der Waals surface area contributed by atoms with Crippen molar-refractivity contribution in [3.63, 3.8) is 0 Å². The fourth-order valence-electron chi connectivity index (χ4n) is 7.04. The molecule has 1 saturated heterocycles. The lowest BCUT2D eigenvalue weighted by Crippen LogP contribution is -2.50. The SMILES string of the molecule is CONC(=O)OCCN[C@@H](Cn1c(=O)c2c(n(Cc3c(F)cccc3C(F)(F)F)c1=O)COC21CCN(Cc2ccc(C(F)(F)F)o2)CC1)c1ccccc1. The zero-order valence-corrected chi connectivity index (χ0v) is 29.3. The molecule has 0 unspecified atom stereocenters. The van der Waals surface area contributed by atoms with Crippen LogP contribution in [0.2, 0.25) is 0 Å². The lowest BCUT2D eigenvalue weighted by Gasteiger charge is -2.38. The minimum absolute atomic E-state index is 0.00120. The van der Waals surface area contributed by atoms with Gasteiger partial charge < -0.3 is 19.2 Å². The van der Waals surface area contributed by atoms with Crippen LogP contribution in [-0.2, 0) is 58.5 Å². The number of hydrogen-bond donors (Lipinski definition) is 2. The Bertz CT molecular complexity index is 2110. The van der Waals surface area contributed by atoms with Crippen LogP contribution in [0.1, 0.15) is 58.4 Å². The normalized spacial score (nSPS) is 16.3. The molecule has 2 aromatic carbocycles. The van der Waals surface area contributed by atoms with E-state index in [4.69, 9.17) is 13.9 Å². The zero-order chi connectivity index (χ0) is 39.5. The highest BCUT2D eigenvalue weighted by Crippen LogP contribution is 2.43. The van der Waals surface area contributed by atoms with Crippen molar-refractivity contribution < 1.29 is 54.3 Å². The number of aromatic nitrogens is 2. The first kappa shape index (κ1) is 39.7. The van der Waals surface area contributed by atoms with Crippen LogP contribution in [0.4, 0.5) is 35.5 Å². The van der Waals surface area contributed by atoms with Crippen LogP contribution in [0, 0.1) is 5.82 Å². The van der Waals surface area contributed by atoms with Crippen LogP contribution in [0.15, 0.2) is 74.7 Å². The second kappa shape index (κ2) is 16.0. The molecule has 4 aromatic rings. The van der Waals surface area contributed by atoms with Gasteiger partial charge in [0.15, 0.2) is 0 Å². The van der Waals surface area contributed by atoms with Crippen LogP contribution in [0.5, 0.6) is 0 Å². The van der Waals surface area contributed by atoms with Gasteiger partial charge >= 0.3 is 24.1 Å². The predicted octanol–water partition coefficient (Wildman–Crippen LogP) is 5.47. The number of likely N-dealkylation sites (tertiary alicyclic amines) is 1. The lowest BCUT2D eigenvalue weighted by molar-refractivity contribution is -0.153. The van der Waals surface area contributed by atoms with E-state index in [9.17, 15) is 40.7 Å². The van der Waals surface area contributed by atoms with E-state index in [0.29, 0.717) is 11.6 Å². The highest BCUT2D eigenvalue weighted by atomic mass is 19.4. The molecule has 6 rings (SSSR count).